The lowest BCUT2D eigenvalue weighted by Gasteiger charge is -2.36. The molecule has 3 rings (SSSR count). The van der Waals surface area contributed by atoms with Crippen molar-refractivity contribution < 1.29 is 4.39 Å². The van der Waals surface area contributed by atoms with Crippen LogP contribution in [0.15, 0.2) is 18.2 Å². The Labute approximate surface area is 115 Å². The molecule has 3 atom stereocenters. The number of hydrogen-bond donors (Lipinski definition) is 1. The Balaban J connectivity index is 1.66. The first kappa shape index (κ1) is 13.1. The summed E-state index contributed by atoms with van der Waals surface area (Å²) in [5.74, 6) is -0.104. The van der Waals surface area contributed by atoms with E-state index in [-0.39, 0.29) is 5.82 Å². The van der Waals surface area contributed by atoms with Crippen LogP contribution in [0.25, 0.3) is 0 Å². The van der Waals surface area contributed by atoms with Gasteiger partial charge in [-0.25, -0.2) is 4.39 Å². The number of piperidine rings is 1. The number of likely N-dealkylation sites (tertiary alicyclic amines) is 1. The van der Waals surface area contributed by atoms with E-state index in [1.165, 1.54) is 30.5 Å². The molecule has 104 valence electrons. The molecule has 0 amide bonds. The highest BCUT2D eigenvalue weighted by Gasteiger charge is 2.28. The quantitative estimate of drug-likeness (QED) is 0.881. The van der Waals surface area contributed by atoms with Crippen molar-refractivity contribution in [3.05, 3.63) is 35.1 Å². The Morgan fingerprint density at radius 2 is 2.16 bits per heavy atom. The third-order valence-corrected chi connectivity index (χ3v) is 4.83. The molecule has 0 saturated carbocycles. The maximum Gasteiger partial charge on any atom is 0.123 e. The van der Waals surface area contributed by atoms with Gasteiger partial charge in [-0.3, -0.25) is 0 Å². The van der Waals surface area contributed by atoms with Crippen molar-refractivity contribution >= 4 is 0 Å². The van der Waals surface area contributed by atoms with Crippen LogP contribution < -0.4 is 5.32 Å². The molecule has 2 nitrogen and oxygen atoms in total. The topological polar surface area (TPSA) is 15.3 Å². The molecule has 0 aromatic heterocycles. The third-order valence-electron chi connectivity index (χ3n) is 4.83. The van der Waals surface area contributed by atoms with Gasteiger partial charge < -0.3 is 10.2 Å². The van der Waals surface area contributed by atoms with Gasteiger partial charge in [0.2, 0.25) is 0 Å². The molecule has 1 aliphatic heterocycles. The van der Waals surface area contributed by atoms with Crippen molar-refractivity contribution in [2.45, 2.75) is 50.7 Å². The molecule has 2 aliphatic rings. The highest BCUT2D eigenvalue weighted by molar-refractivity contribution is 5.35. The van der Waals surface area contributed by atoms with Gasteiger partial charge in [0.15, 0.2) is 0 Å². The standard InChI is InChI=1S/C16H23FN2/c1-11-9-14(7-8-19(11)2)18-16-6-3-12-10-13(17)4-5-15(12)16/h4-5,10-11,14,16,18H,3,6-9H2,1-2H3. The lowest BCUT2D eigenvalue weighted by molar-refractivity contribution is 0.162. The molecule has 0 radical (unpaired) electrons. The van der Waals surface area contributed by atoms with Gasteiger partial charge in [-0.1, -0.05) is 6.07 Å². The number of benzene rings is 1. The van der Waals surface area contributed by atoms with Crippen molar-refractivity contribution in [1.29, 1.82) is 0 Å². The van der Waals surface area contributed by atoms with Gasteiger partial charge in [-0.05, 0) is 69.5 Å². The zero-order valence-corrected chi connectivity index (χ0v) is 11.8. The van der Waals surface area contributed by atoms with Crippen LogP contribution in [0.1, 0.15) is 43.4 Å². The minimum atomic E-state index is -0.104. The first-order chi connectivity index (χ1) is 9.13. The highest BCUT2D eigenvalue weighted by atomic mass is 19.1. The molecule has 1 fully saturated rings. The molecule has 1 aromatic rings. The number of hydrogen-bond acceptors (Lipinski definition) is 2. The van der Waals surface area contributed by atoms with Crippen molar-refractivity contribution in [2.24, 2.45) is 0 Å². The van der Waals surface area contributed by atoms with Gasteiger partial charge in [0.1, 0.15) is 5.82 Å². The maximum atomic E-state index is 13.2. The van der Waals surface area contributed by atoms with Crippen molar-refractivity contribution in [3.63, 3.8) is 0 Å². The van der Waals surface area contributed by atoms with E-state index in [1.807, 2.05) is 6.07 Å². The van der Waals surface area contributed by atoms with Gasteiger partial charge in [0.05, 0.1) is 0 Å². The van der Waals surface area contributed by atoms with Crippen molar-refractivity contribution in [3.8, 4) is 0 Å². The Bertz CT molecular complexity index is 460. The zero-order valence-electron chi connectivity index (χ0n) is 11.8. The van der Waals surface area contributed by atoms with Crippen LogP contribution in [0.5, 0.6) is 0 Å². The molecule has 19 heavy (non-hydrogen) atoms. The fraction of sp³-hybridized carbons (Fsp3) is 0.625. The molecule has 1 heterocycles. The second-order valence-electron chi connectivity index (χ2n) is 6.15. The van der Waals surface area contributed by atoms with E-state index >= 15 is 0 Å². The number of aryl methyl sites for hydroxylation is 1. The molecule has 1 aliphatic carbocycles. The van der Waals surface area contributed by atoms with E-state index in [2.05, 4.69) is 24.2 Å². The van der Waals surface area contributed by atoms with Crippen LogP contribution in [-0.4, -0.2) is 30.6 Å². The summed E-state index contributed by atoms with van der Waals surface area (Å²) < 4.78 is 13.2. The smallest absolute Gasteiger partial charge is 0.123 e. The van der Waals surface area contributed by atoms with E-state index < -0.39 is 0 Å². The summed E-state index contributed by atoms with van der Waals surface area (Å²) in [6.07, 6.45) is 4.55. The predicted octanol–water partition coefficient (Wildman–Crippen LogP) is 2.89. The lowest BCUT2D eigenvalue weighted by Crippen LogP contribution is -2.46. The monoisotopic (exact) mass is 262 g/mol. The maximum absolute atomic E-state index is 13.2. The average molecular weight is 262 g/mol. The van der Waals surface area contributed by atoms with Gasteiger partial charge in [0, 0.05) is 18.1 Å². The van der Waals surface area contributed by atoms with Crippen LogP contribution in [0.2, 0.25) is 0 Å². The zero-order chi connectivity index (χ0) is 13.4. The Morgan fingerprint density at radius 1 is 1.32 bits per heavy atom. The van der Waals surface area contributed by atoms with Crippen LogP contribution in [0.4, 0.5) is 4.39 Å². The molecule has 3 unspecified atom stereocenters. The Kier molecular flexibility index (Phi) is 3.59. The van der Waals surface area contributed by atoms with E-state index in [0.717, 1.165) is 12.8 Å². The number of rotatable bonds is 2. The molecule has 0 spiro atoms. The van der Waals surface area contributed by atoms with Crippen LogP contribution in [0.3, 0.4) is 0 Å². The fourth-order valence-electron chi connectivity index (χ4n) is 3.48. The lowest BCUT2D eigenvalue weighted by atomic mass is 9.97. The van der Waals surface area contributed by atoms with Crippen LogP contribution in [-0.2, 0) is 6.42 Å². The van der Waals surface area contributed by atoms with E-state index in [4.69, 9.17) is 0 Å². The summed E-state index contributed by atoms with van der Waals surface area (Å²) in [5.41, 5.74) is 2.51. The highest BCUT2D eigenvalue weighted by Crippen LogP contribution is 2.33. The number of nitrogens with zero attached hydrogens (tertiary/aromatic N) is 1. The first-order valence-corrected chi connectivity index (χ1v) is 7.38. The molecule has 0 bridgehead atoms. The van der Waals surface area contributed by atoms with Gasteiger partial charge >= 0.3 is 0 Å². The first-order valence-electron chi connectivity index (χ1n) is 7.38. The largest absolute Gasteiger partial charge is 0.307 e. The van der Waals surface area contributed by atoms with E-state index in [9.17, 15) is 4.39 Å². The molecular weight excluding hydrogens is 239 g/mol. The predicted molar refractivity (Wildman–Crippen MR) is 75.7 cm³/mol. The van der Waals surface area contributed by atoms with E-state index in [1.54, 1.807) is 12.1 Å². The number of nitrogens with one attached hydrogen (secondary N) is 1. The molecule has 1 aromatic carbocycles. The molecule has 1 N–H and O–H groups in total. The minimum Gasteiger partial charge on any atom is -0.307 e. The molecular formula is C16H23FN2. The minimum absolute atomic E-state index is 0.104. The molecule has 1 saturated heterocycles. The van der Waals surface area contributed by atoms with Crippen molar-refractivity contribution in [1.82, 2.24) is 10.2 Å². The van der Waals surface area contributed by atoms with Crippen molar-refractivity contribution in [2.75, 3.05) is 13.6 Å². The second-order valence-corrected chi connectivity index (χ2v) is 6.15. The summed E-state index contributed by atoms with van der Waals surface area (Å²) in [4.78, 5) is 2.43. The van der Waals surface area contributed by atoms with Gasteiger partial charge in [-0.2, -0.15) is 0 Å². The second kappa shape index (κ2) is 5.22. The summed E-state index contributed by atoms with van der Waals surface area (Å²) >= 11 is 0. The summed E-state index contributed by atoms with van der Waals surface area (Å²) in [6.45, 7) is 3.47. The van der Waals surface area contributed by atoms with E-state index in [0.29, 0.717) is 18.1 Å². The Hall–Kier alpha value is -0.930. The summed E-state index contributed by atoms with van der Waals surface area (Å²) in [7, 11) is 2.20. The number of fused-ring (bicyclic) bond motifs is 1. The summed E-state index contributed by atoms with van der Waals surface area (Å²) in [5, 5.41) is 3.80. The van der Waals surface area contributed by atoms with Gasteiger partial charge in [0.25, 0.3) is 0 Å². The van der Waals surface area contributed by atoms with Gasteiger partial charge in [-0.15, -0.1) is 0 Å². The Morgan fingerprint density at radius 3 is 2.95 bits per heavy atom. The van der Waals surface area contributed by atoms with Crippen LogP contribution >= 0.6 is 0 Å². The third kappa shape index (κ3) is 2.67. The van der Waals surface area contributed by atoms with Crippen LogP contribution in [0, 0.1) is 5.82 Å². The number of halogens is 1. The molecule has 3 heteroatoms. The average Bonchev–Trinajstić information content (AvgIpc) is 2.76. The summed E-state index contributed by atoms with van der Waals surface area (Å²) in [6, 6.07) is 6.95. The SMILES string of the molecule is CC1CC(NC2CCc3cc(F)ccc32)CCN1C. The fourth-order valence-corrected chi connectivity index (χ4v) is 3.48. The normalized spacial score (nSPS) is 31.4.